The summed E-state index contributed by atoms with van der Waals surface area (Å²) >= 11 is 0. The van der Waals surface area contributed by atoms with Gasteiger partial charge in [-0.05, 0) is 49.6 Å². The summed E-state index contributed by atoms with van der Waals surface area (Å²) in [6.45, 7) is 1.96. The first-order chi connectivity index (χ1) is 11.7. The Morgan fingerprint density at radius 1 is 0.958 bits per heavy atom. The van der Waals surface area contributed by atoms with Gasteiger partial charge in [-0.15, -0.1) is 0 Å². The molecule has 2 amide bonds. The van der Waals surface area contributed by atoms with Gasteiger partial charge < -0.3 is 4.57 Å². The van der Waals surface area contributed by atoms with Crippen LogP contribution in [0.3, 0.4) is 0 Å². The van der Waals surface area contributed by atoms with Crippen LogP contribution in [0.4, 0.5) is 0 Å². The Bertz CT molecular complexity index is 742. The first-order valence-corrected chi connectivity index (χ1v) is 8.77. The van der Waals surface area contributed by atoms with Crippen LogP contribution in [-0.2, 0) is 9.59 Å². The van der Waals surface area contributed by atoms with Crippen LogP contribution in [-0.4, -0.2) is 21.3 Å². The fraction of sp³-hybridized carbons (Fsp3) is 0.400. The minimum atomic E-state index is -0.217. The van der Waals surface area contributed by atoms with E-state index in [2.05, 4.69) is 6.07 Å². The molecule has 1 aromatic heterocycles. The molecule has 0 N–H and O–H groups in total. The van der Waals surface area contributed by atoms with Crippen LogP contribution in [0, 0.1) is 11.8 Å². The average Bonchev–Trinajstić information content (AvgIpc) is 3.23. The molecule has 4 heteroatoms. The highest BCUT2D eigenvalue weighted by Gasteiger charge is 2.49. The molecule has 2 fully saturated rings. The predicted octanol–water partition coefficient (Wildman–Crippen LogP) is 3.71. The number of likely N-dealkylation sites (tertiary alicyclic amines) is 1. The minimum absolute atomic E-state index is 0.0311. The van der Waals surface area contributed by atoms with E-state index >= 15 is 0 Å². The van der Waals surface area contributed by atoms with Gasteiger partial charge in [0.1, 0.15) is 0 Å². The van der Waals surface area contributed by atoms with Gasteiger partial charge in [-0.2, -0.15) is 0 Å². The molecule has 124 valence electrons. The lowest BCUT2D eigenvalue weighted by Gasteiger charge is -2.24. The van der Waals surface area contributed by atoms with Crippen molar-refractivity contribution >= 4 is 11.8 Å². The highest BCUT2D eigenvalue weighted by molar-refractivity contribution is 6.05. The highest BCUT2D eigenvalue weighted by atomic mass is 16.2. The molecule has 2 aromatic rings. The van der Waals surface area contributed by atoms with E-state index in [1.165, 1.54) is 4.90 Å². The lowest BCUT2D eigenvalue weighted by Crippen LogP contribution is -2.33. The molecule has 24 heavy (non-hydrogen) atoms. The smallest absolute Gasteiger partial charge is 0.233 e. The van der Waals surface area contributed by atoms with Gasteiger partial charge in [-0.1, -0.05) is 25.0 Å². The number of fused-ring (bicyclic) bond motifs is 1. The Labute approximate surface area is 142 Å². The van der Waals surface area contributed by atoms with Crippen LogP contribution in [0.1, 0.15) is 44.2 Å². The summed E-state index contributed by atoms with van der Waals surface area (Å²) < 4.78 is 2.03. The molecule has 3 atom stereocenters. The van der Waals surface area contributed by atoms with Crippen LogP contribution in [0.5, 0.6) is 0 Å². The van der Waals surface area contributed by atoms with E-state index in [9.17, 15) is 9.59 Å². The molecular weight excluding hydrogens is 300 g/mol. The number of carbonyl (C=O) groups excluding carboxylic acids is 2. The SMILES string of the molecule is CC(c1cccc(-n2cccc2)c1)N1C(=O)[C@H]2CCCC[C@H]2C1=O. The van der Waals surface area contributed by atoms with Crippen molar-refractivity contribution in [1.82, 2.24) is 9.47 Å². The van der Waals surface area contributed by atoms with Crippen molar-refractivity contribution in [2.24, 2.45) is 11.8 Å². The molecule has 1 unspecified atom stereocenters. The topological polar surface area (TPSA) is 42.3 Å². The molecule has 1 saturated carbocycles. The Morgan fingerprint density at radius 2 is 1.58 bits per heavy atom. The molecule has 1 aromatic carbocycles. The number of benzene rings is 1. The van der Waals surface area contributed by atoms with Gasteiger partial charge in [0.05, 0.1) is 17.9 Å². The van der Waals surface area contributed by atoms with Crippen molar-refractivity contribution in [3.63, 3.8) is 0 Å². The molecule has 1 saturated heterocycles. The summed E-state index contributed by atoms with van der Waals surface area (Å²) in [6.07, 6.45) is 7.83. The molecule has 2 aliphatic rings. The van der Waals surface area contributed by atoms with E-state index in [1.54, 1.807) is 0 Å². The van der Waals surface area contributed by atoms with Crippen molar-refractivity contribution in [2.45, 2.75) is 38.6 Å². The van der Waals surface area contributed by atoms with Crippen molar-refractivity contribution in [3.05, 3.63) is 54.4 Å². The monoisotopic (exact) mass is 322 g/mol. The number of nitrogens with zero attached hydrogens (tertiary/aromatic N) is 2. The van der Waals surface area contributed by atoms with Gasteiger partial charge in [0.25, 0.3) is 0 Å². The Kier molecular flexibility index (Phi) is 3.75. The van der Waals surface area contributed by atoms with Crippen LogP contribution in [0.15, 0.2) is 48.8 Å². The highest BCUT2D eigenvalue weighted by Crippen LogP contribution is 2.41. The predicted molar refractivity (Wildman–Crippen MR) is 91.5 cm³/mol. The zero-order chi connectivity index (χ0) is 16.7. The summed E-state index contributed by atoms with van der Waals surface area (Å²) in [6, 6.07) is 11.8. The summed E-state index contributed by atoms with van der Waals surface area (Å²) in [4.78, 5) is 27.1. The molecule has 1 aliphatic heterocycles. The number of amides is 2. The van der Waals surface area contributed by atoms with E-state index in [4.69, 9.17) is 0 Å². The van der Waals surface area contributed by atoms with Crippen molar-refractivity contribution in [1.29, 1.82) is 0 Å². The van der Waals surface area contributed by atoms with Gasteiger partial charge in [0.15, 0.2) is 0 Å². The first kappa shape index (κ1) is 15.2. The lowest BCUT2D eigenvalue weighted by molar-refractivity contribution is -0.142. The third kappa shape index (κ3) is 2.37. The fourth-order valence-corrected chi connectivity index (χ4v) is 4.17. The maximum atomic E-state index is 12.8. The third-order valence-electron chi connectivity index (χ3n) is 5.52. The molecular formula is C20H22N2O2. The number of hydrogen-bond donors (Lipinski definition) is 0. The lowest BCUT2D eigenvalue weighted by atomic mass is 9.81. The second-order valence-corrected chi connectivity index (χ2v) is 6.91. The fourth-order valence-electron chi connectivity index (χ4n) is 4.17. The van der Waals surface area contributed by atoms with Crippen molar-refractivity contribution < 1.29 is 9.59 Å². The van der Waals surface area contributed by atoms with E-state index in [0.717, 1.165) is 36.9 Å². The van der Waals surface area contributed by atoms with Gasteiger partial charge in [0.2, 0.25) is 11.8 Å². The van der Waals surface area contributed by atoms with Gasteiger partial charge in [-0.25, -0.2) is 0 Å². The molecule has 0 spiro atoms. The van der Waals surface area contributed by atoms with Crippen molar-refractivity contribution in [2.75, 3.05) is 0 Å². The molecule has 2 heterocycles. The number of imide groups is 1. The number of carbonyl (C=O) groups is 2. The van der Waals surface area contributed by atoms with Crippen LogP contribution in [0.25, 0.3) is 5.69 Å². The van der Waals surface area contributed by atoms with E-state index in [0.29, 0.717) is 0 Å². The Hall–Kier alpha value is -2.36. The average molecular weight is 322 g/mol. The summed E-state index contributed by atoms with van der Waals surface area (Å²) in [7, 11) is 0. The van der Waals surface area contributed by atoms with Crippen LogP contribution >= 0.6 is 0 Å². The second-order valence-electron chi connectivity index (χ2n) is 6.91. The number of aromatic nitrogens is 1. The van der Waals surface area contributed by atoms with E-state index < -0.39 is 0 Å². The molecule has 4 nitrogen and oxygen atoms in total. The maximum Gasteiger partial charge on any atom is 0.233 e. The van der Waals surface area contributed by atoms with Gasteiger partial charge in [-0.3, -0.25) is 14.5 Å². The first-order valence-electron chi connectivity index (χ1n) is 8.77. The van der Waals surface area contributed by atoms with E-state index in [-0.39, 0.29) is 29.7 Å². The number of rotatable bonds is 3. The zero-order valence-electron chi connectivity index (χ0n) is 13.9. The Balaban J connectivity index is 1.64. The number of hydrogen-bond acceptors (Lipinski definition) is 2. The van der Waals surface area contributed by atoms with Crippen LogP contribution in [0.2, 0.25) is 0 Å². The summed E-state index contributed by atoms with van der Waals surface area (Å²) in [5.74, 6) is -0.102. The maximum absolute atomic E-state index is 12.8. The normalized spacial score (nSPS) is 25.0. The molecule has 0 radical (unpaired) electrons. The third-order valence-corrected chi connectivity index (χ3v) is 5.52. The minimum Gasteiger partial charge on any atom is -0.324 e. The largest absolute Gasteiger partial charge is 0.324 e. The van der Waals surface area contributed by atoms with Gasteiger partial charge >= 0.3 is 0 Å². The Morgan fingerprint density at radius 3 is 2.21 bits per heavy atom. The molecule has 1 aliphatic carbocycles. The van der Waals surface area contributed by atoms with Crippen molar-refractivity contribution in [3.8, 4) is 5.69 Å². The standard InChI is InChI=1S/C20H22N2O2/c1-14(15-7-6-8-16(13-15)21-11-4-5-12-21)22-19(23)17-9-2-3-10-18(17)20(22)24/h4-8,11-14,17-18H,2-3,9-10H2,1H3/t14?,17-,18+. The molecule has 0 bridgehead atoms. The summed E-state index contributed by atoms with van der Waals surface area (Å²) in [5, 5.41) is 0. The quantitative estimate of drug-likeness (QED) is 0.808. The molecule has 4 rings (SSSR count). The van der Waals surface area contributed by atoms with Crippen LogP contribution < -0.4 is 0 Å². The second kappa shape index (κ2) is 5.93. The summed E-state index contributed by atoms with van der Waals surface area (Å²) in [5.41, 5.74) is 2.04. The van der Waals surface area contributed by atoms with E-state index in [1.807, 2.05) is 54.2 Å². The van der Waals surface area contributed by atoms with Gasteiger partial charge in [0, 0.05) is 18.1 Å². The zero-order valence-corrected chi connectivity index (χ0v) is 13.9.